The highest BCUT2D eigenvalue weighted by molar-refractivity contribution is 5.93. The van der Waals surface area contributed by atoms with Crippen molar-refractivity contribution in [3.05, 3.63) is 42.7 Å². The first-order valence-electron chi connectivity index (χ1n) is 8.03. The summed E-state index contributed by atoms with van der Waals surface area (Å²) in [5, 5.41) is 7.15. The minimum atomic E-state index is -0.358. The Morgan fingerprint density at radius 1 is 1.33 bits per heavy atom. The van der Waals surface area contributed by atoms with Crippen LogP contribution in [0.4, 0.5) is 5.69 Å². The van der Waals surface area contributed by atoms with Gasteiger partial charge in [0.2, 0.25) is 11.8 Å². The minimum absolute atomic E-state index is 0.0261. The molecule has 1 unspecified atom stereocenters. The molecule has 0 aliphatic carbocycles. The molecule has 126 valence electrons. The fourth-order valence-electron chi connectivity index (χ4n) is 3.03. The number of nitrogens with one attached hydrogen (secondary N) is 1. The lowest BCUT2D eigenvalue weighted by atomic mass is 9.97. The second kappa shape index (κ2) is 7.27. The molecule has 1 aliphatic rings. The third-order valence-electron chi connectivity index (χ3n) is 4.14. The number of piperidine rings is 1. The summed E-state index contributed by atoms with van der Waals surface area (Å²) in [5.41, 5.74) is 6.86. The van der Waals surface area contributed by atoms with Crippen molar-refractivity contribution in [2.24, 2.45) is 11.7 Å². The maximum Gasteiger partial charge on any atom is 0.231 e. The van der Waals surface area contributed by atoms with Crippen molar-refractivity contribution in [2.75, 3.05) is 25.0 Å². The van der Waals surface area contributed by atoms with Crippen LogP contribution < -0.4 is 11.1 Å². The van der Waals surface area contributed by atoms with E-state index in [9.17, 15) is 9.59 Å². The molecule has 1 fully saturated rings. The van der Waals surface area contributed by atoms with Crippen LogP contribution in [0.1, 0.15) is 12.8 Å². The molecule has 1 aromatic heterocycles. The van der Waals surface area contributed by atoms with E-state index in [-0.39, 0.29) is 24.3 Å². The number of hydrogen-bond acceptors (Lipinski definition) is 4. The predicted molar refractivity (Wildman–Crippen MR) is 90.6 cm³/mol. The van der Waals surface area contributed by atoms with Gasteiger partial charge in [-0.25, -0.2) is 4.68 Å². The second-order valence-electron chi connectivity index (χ2n) is 6.03. The Morgan fingerprint density at radius 3 is 2.96 bits per heavy atom. The van der Waals surface area contributed by atoms with E-state index in [1.54, 1.807) is 10.9 Å². The molecule has 2 amide bonds. The minimum Gasteiger partial charge on any atom is -0.369 e. The lowest BCUT2D eigenvalue weighted by Gasteiger charge is -2.31. The van der Waals surface area contributed by atoms with Gasteiger partial charge in [0.25, 0.3) is 0 Å². The molecule has 2 aromatic rings. The van der Waals surface area contributed by atoms with E-state index in [0.717, 1.165) is 30.8 Å². The van der Waals surface area contributed by atoms with Crippen molar-refractivity contribution < 1.29 is 9.59 Å². The average Bonchev–Trinajstić information content (AvgIpc) is 3.09. The van der Waals surface area contributed by atoms with E-state index < -0.39 is 0 Å². The maximum atomic E-state index is 12.5. The zero-order valence-electron chi connectivity index (χ0n) is 13.4. The van der Waals surface area contributed by atoms with E-state index in [1.165, 1.54) is 0 Å². The predicted octanol–water partition coefficient (Wildman–Crippen LogP) is 1.01. The Morgan fingerprint density at radius 2 is 2.21 bits per heavy atom. The fourth-order valence-corrected chi connectivity index (χ4v) is 3.03. The first-order valence-corrected chi connectivity index (χ1v) is 8.03. The summed E-state index contributed by atoms with van der Waals surface area (Å²) in [5.74, 6) is -0.517. The number of aromatic nitrogens is 2. The number of hydrogen-bond donors (Lipinski definition) is 2. The van der Waals surface area contributed by atoms with Gasteiger partial charge in [-0.2, -0.15) is 5.10 Å². The van der Waals surface area contributed by atoms with Gasteiger partial charge in [-0.05, 0) is 43.7 Å². The molecule has 1 atom stereocenters. The molecule has 3 rings (SSSR count). The van der Waals surface area contributed by atoms with Crippen LogP contribution in [-0.2, 0) is 9.59 Å². The third-order valence-corrected chi connectivity index (χ3v) is 4.14. The molecule has 0 bridgehead atoms. The van der Waals surface area contributed by atoms with Crippen molar-refractivity contribution >= 4 is 17.5 Å². The van der Waals surface area contributed by atoms with E-state index in [1.807, 2.05) is 41.4 Å². The van der Waals surface area contributed by atoms with Crippen LogP contribution in [0.5, 0.6) is 0 Å². The van der Waals surface area contributed by atoms with Crippen LogP contribution in [0.2, 0.25) is 0 Å². The molecule has 1 saturated heterocycles. The highest BCUT2D eigenvalue weighted by Crippen LogP contribution is 2.20. The Kier molecular flexibility index (Phi) is 4.90. The molecule has 1 aliphatic heterocycles. The van der Waals surface area contributed by atoms with Gasteiger partial charge in [0.1, 0.15) is 0 Å². The number of likely N-dealkylation sites (tertiary alicyclic amines) is 1. The van der Waals surface area contributed by atoms with E-state index in [0.29, 0.717) is 6.54 Å². The average molecular weight is 327 g/mol. The fraction of sp³-hybridized carbons (Fsp3) is 0.353. The first kappa shape index (κ1) is 16.2. The van der Waals surface area contributed by atoms with Crippen molar-refractivity contribution in [1.82, 2.24) is 14.7 Å². The lowest BCUT2D eigenvalue weighted by Crippen LogP contribution is -2.44. The molecule has 7 nitrogen and oxygen atoms in total. The standard InChI is InChI=1S/C17H21N5O2/c18-16(23)12-21-8-2-4-13(11-21)17(24)20-14-5-1-6-15(10-14)22-9-3-7-19-22/h1,3,5-7,9-10,13H,2,4,8,11-12H2,(H2,18,23)(H,20,24). The number of rotatable bonds is 5. The first-order chi connectivity index (χ1) is 11.6. The summed E-state index contributed by atoms with van der Waals surface area (Å²) in [6, 6.07) is 9.40. The Bertz CT molecular complexity index is 714. The van der Waals surface area contributed by atoms with Crippen molar-refractivity contribution in [1.29, 1.82) is 0 Å². The summed E-state index contributed by atoms with van der Waals surface area (Å²) < 4.78 is 1.74. The van der Waals surface area contributed by atoms with Crippen LogP contribution >= 0.6 is 0 Å². The number of benzene rings is 1. The van der Waals surface area contributed by atoms with Gasteiger partial charge in [0.05, 0.1) is 18.2 Å². The number of nitrogens with zero attached hydrogens (tertiary/aromatic N) is 3. The van der Waals surface area contributed by atoms with Crippen LogP contribution in [-0.4, -0.2) is 46.1 Å². The Hall–Kier alpha value is -2.67. The highest BCUT2D eigenvalue weighted by Gasteiger charge is 2.26. The zero-order valence-corrected chi connectivity index (χ0v) is 13.4. The van der Waals surface area contributed by atoms with Crippen LogP contribution in [0.3, 0.4) is 0 Å². The third kappa shape index (κ3) is 3.99. The largest absolute Gasteiger partial charge is 0.369 e. The van der Waals surface area contributed by atoms with Crippen molar-refractivity contribution in [3.8, 4) is 5.69 Å². The smallest absolute Gasteiger partial charge is 0.231 e. The van der Waals surface area contributed by atoms with Gasteiger partial charge in [-0.15, -0.1) is 0 Å². The van der Waals surface area contributed by atoms with Crippen molar-refractivity contribution in [2.45, 2.75) is 12.8 Å². The summed E-state index contributed by atoms with van der Waals surface area (Å²) in [7, 11) is 0. The Balaban J connectivity index is 1.64. The monoisotopic (exact) mass is 327 g/mol. The SMILES string of the molecule is NC(=O)CN1CCCC(C(=O)Nc2cccc(-n3cccn3)c2)C1. The normalized spacial score (nSPS) is 18.2. The Labute approximate surface area is 140 Å². The summed E-state index contributed by atoms with van der Waals surface area (Å²) >= 11 is 0. The van der Waals surface area contributed by atoms with Gasteiger partial charge >= 0.3 is 0 Å². The van der Waals surface area contributed by atoms with Crippen LogP contribution in [0, 0.1) is 5.92 Å². The highest BCUT2D eigenvalue weighted by atomic mass is 16.2. The molecule has 7 heteroatoms. The summed E-state index contributed by atoms with van der Waals surface area (Å²) in [6.45, 7) is 1.58. The summed E-state index contributed by atoms with van der Waals surface area (Å²) in [6.07, 6.45) is 5.27. The summed E-state index contributed by atoms with van der Waals surface area (Å²) in [4.78, 5) is 25.5. The quantitative estimate of drug-likeness (QED) is 0.857. The zero-order chi connectivity index (χ0) is 16.9. The number of nitrogens with two attached hydrogens (primary N) is 1. The molecule has 0 spiro atoms. The molecular weight excluding hydrogens is 306 g/mol. The molecule has 2 heterocycles. The van der Waals surface area contributed by atoms with Gasteiger partial charge in [0, 0.05) is 24.6 Å². The molecule has 1 aromatic carbocycles. The van der Waals surface area contributed by atoms with E-state index in [4.69, 9.17) is 5.73 Å². The number of amides is 2. The van der Waals surface area contributed by atoms with Crippen LogP contribution in [0.25, 0.3) is 5.69 Å². The maximum absolute atomic E-state index is 12.5. The van der Waals surface area contributed by atoms with Crippen LogP contribution in [0.15, 0.2) is 42.7 Å². The van der Waals surface area contributed by atoms with Gasteiger partial charge in [-0.1, -0.05) is 6.07 Å². The molecule has 24 heavy (non-hydrogen) atoms. The van der Waals surface area contributed by atoms with Gasteiger partial charge in [0.15, 0.2) is 0 Å². The van der Waals surface area contributed by atoms with E-state index in [2.05, 4.69) is 10.4 Å². The van der Waals surface area contributed by atoms with Gasteiger partial charge in [-0.3, -0.25) is 14.5 Å². The lowest BCUT2D eigenvalue weighted by molar-refractivity contribution is -0.124. The number of anilines is 1. The topological polar surface area (TPSA) is 93.3 Å². The number of primary amides is 1. The second-order valence-corrected chi connectivity index (χ2v) is 6.03. The molecule has 0 radical (unpaired) electrons. The molecule has 0 saturated carbocycles. The molecule has 3 N–H and O–H groups in total. The molecular formula is C17H21N5O2. The van der Waals surface area contributed by atoms with Crippen molar-refractivity contribution in [3.63, 3.8) is 0 Å². The van der Waals surface area contributed by atoms with E-state index >= 15 is 0 Å². The number of carbonyl (C=O) groups is 2. The van der Waals surface area contributed by atoms with Gasteiger partial charge < -0.3 is 11.1 Å². The number of carbonyl (C=O) groups excluding carboxylic acids is 2.